The minimum atomic E-state index is -4.11. The summed E-state index contributed by atoms with van der Waals surface area (Å²) < 4.78 is 36.6. The van der Waals surface area contributed by atoms with E-state index in [1.165, 1.54) is 0 Å². The normalized spacial score (nSPS) is 11.6. The maximum atomic E-state index is 12.2. The molecule has 5 heteroatoms. The number of anilines is 1. The molecule has 1 N–H and O–H groups in total. The second-order valence-corrected chi connectivity index (χ2v) is 4.20. The molecule has 0 aromatic heterocycles. The lowest BCUT2D eigenvalue weighted by Gasteiger charge is -2.23. The van der Waals surface area contributed by atoms with E-state index < -0.39 is 12.6 Å². The summed E-state index contributed by atoms with van der Waals surface area (Å²) in [5, 5.41) is 3.18. The highest BCUT2D eigenvalue weighted by Crippen LogP contribution is 2.23. The predicted octanol–water partition coefficient (Wildman–Crippen LogP) is 3.18. The Bertz CT molecular complexity index is 363. The second kappa shape index (κ2) is 6.64. The summed E-state index contributed by atoms with van der Waals surface area (Å²) in [6, 6.07) is 7.52. The first-order valence-electron chi connectivity index (χ1n) is 6.00. The van der Waals surface area contributed by atoms with Gasteiger partial charge in [0.25, 0.3) is 0 Å². The zero-order chi connectivity index (χ0) is 13.6. The molecule has 0 aliphatic carbocycles. The van der Waals surface area contributed by atoms with Gasteiger partial charge >= 0.3 is 6.18 Å². The van der Waals surface area contributed by atoms with Gasteiger partial charge in [0.05, 0.1) is 6.42 Å². The Morgan fingerprint density at radius 3 is 2.50 bits per heavy atom. The van der Waals surface area contributed by atoms with Crippen molar-refractivity contribution in [1.29, 1.82) is 0 Å². The average Bonchev–Trinajstić information content (AvgIpc) is 2.33. The molecule has 18 heavy (non-hydrogen) atoms. The van der Waals surface area contributed by atoms with Crippen LogP contribution in [0.3, 0.4) is 0 Å². The largest absolute Gasteiger partial charge is 0.390 e. The van der Waals surface area contributed by atoms with E-state index in [0.717, 1.165) is 17.8 Å². The number of rotatable bonds is 6. The number of para-hydroxylation sites is 1. The summed E-state index contributed by atoms with van der Waals surface area (Å²) in [6.45, 7) is 3.48. The summed E-state index contributed by atoms with van der Waals surface area (Å²) in [4.78, 5) is 1.65. The monoisotopic (exact) mass is 260 g/mol. The van der Waals surface area contributed by atoms with Crippen molar-refractivity contribution in [2.45, 2.75) is 26.1 Å². The Kier molecular flexibility index (Phi) is 5.47. The smallest absolute Gasteiger partial charge is 0.374 e. The minimum Gasteiger partial charge on any atom is -0.374 e. The molecule has 0 aliphatic heterocycles. The van der Waals surface area contributed by atoms with E-state index in [-0.39, 0.29) is 6.54 Å². The molecule has 0 saturated carbocycles. The van der Waals surface area contributed by atoms with E-state index in [4.69, 9.17) is 0 Å². The Labute approximate surface area is 106 Å². The molecule has 1 rings (SSSR count). The van der Waals surface area contributed by atoms with Crippen LogP contribution >= 0.6 is 0 Å². The van der Waals surface area contributed by atoms with Crippen LogP contribution in [-0.2, 0) is 6.54 Å². The third-order valence-corrected chi connectivity index (χ3v) is 2.70. The van der Waals surface area contributed by atoms with Crippen molar-refractivity contribution in [3.8, 4) is 0 Å². The topological polar surface area (TPSA) is 15.3 Å². The zero-order valence-corrected chi connectivity index (χ0v) is 10.7. The van der Waals surface area contributed by atoms with Crippen LogP contribution in [0.15, 0.2) is 24.3 Å². The van der Waals surface area contributed by atoms with Gasteiger partial charge in [-0.1, -0.05) is 25.1 Å². The van der Waals surface area contributed by atoms with E-state index in [1.54, 1.807) is 11.9 Å². The summed E-state index contributed by atoms with van der Waals surface area (Å²) >= 11 is 0. The molecule has 0 radical (unpaired) electrons. The van der Waals surface area contributed by atoms with Gasteiger partial charge in [-0.2, -0.15) is 13.2 Å². The van der Waals surface area contributed by atoms with Crippen molar-refractivity contribution in [2.24, 2.45) is 0 Å². The fraction of sp³-hybridized carbons (Fsp3) is 0.538. The van der Waals surface area contributed by atoms with E-state index in [9.17, 15) is 13.2 Å². The van der Waals surface area contributed by atoms with Crippen LogP contribution in [0.2, 0.25) is 0 Å². The molecule has 1 aromatic carbocycles. The Balaban J connectivity index is 2.69. The molecule has 0 bridgehead atoms. The van der Waals surface area contributed by atoms with Crippen molar-refractivity contribution >= 4 is 5.69 Å². The predicted molar refractivity (Wildman–Crippen MR) is 67.8 cm³/mol. The molecule has 0 unspecified atom stereocenters. The SMILES string of the molecule is CCNCc1ccccc1N(C)CCC(F)(F)F. The van der Waals surface area contributed by atoms with Crippen LogP contribution in [0.1, 0.15) is 18.9 Å². The first-order valence-corrected chi connectivity index (χ1v) is 6.00. The molecule has 1 aromatic rings. The molecule has 102 valence electrons. The highest BCUT2D eigenvalue weighted by molar-refractivity contribution is 5.52. The van der Waals surface area contributed by atoms with E-state index in [0.29, 0.717) is 6.54 Å². The summed E-state index contributed by atoms with van der Waals surface area (Å²) in [5.41, 5.74) is 1.87. The van der Waals surface area contributed by atoms with E-state index in [1.807, 2.05) is 31.2 Å². The maximum absolute atomic E-state index is 12.2. The van der Waals surface area contributed by atoms with Crippen LogP contribution in [0.4, 0.5) is 18.9 Å². The lowest BCUT2D eigenvalue weighted by Crippen LogP contribution is -2.25. The lowest BCUT2D eigenvalue weighted by molar-refractivity contribution is -0.132. The molecular formula is C13H19F3N2. The van der Waals surface area contributed by atoms with Gasteiger partial charge in [0.2, 0.25) is 0 Å². The van der Waals surface area contributed by atoms with Gasteiger partial charge in [-0.05, 0) is 18.2 Å². The quantitative estimate of drug-likeness (QED) is 0.845. The van der Waals surface area contributed by atoms with Gasteiger partial charge in [-0.25, -0.2) is 0 Å². The van der Waals surface area contributed by atoms with Crippen molar-refractivity contribution in [3.05, 3.63) is 29.8 Å². The van der Waals surface area contributed by atoms with E-state index >= 15 is 0 Å². The average molecular weight is 260 g/mol. The molecule has 0 heterocycles. The Morgan fingerprint density at radius 1 is 1.22 bits per heavy atom. The first-order chi connectivity index (χ1) is 8.44. The molecule has 0 saturated heterocycles. The fourth-order valence-corrected chi connectivity index (χ4v) is 1.71. The Hall–Kier alpha value is -1.23. The number of alkyl halides is 3. The van der Waals surface area contributed by atoms with Gasteiger partial charge in [0.1, 0.15) is 0 Å². The maximum Gasteiger partial charge on any atom is 0.390 e. The number of halogens is 3. The highest BCUT2D eigenvalue weighted by atomic mass is 19.4. The van der Waals surface area contributed by atoms with Gasteiger partial charge in [0.15, 0.2) is 0 Å². The Morgan fingerprint density at radius 2 is 1.89 bits per heavy atom. The number of hydrogen-bond acceptors (Lipinski definition) is 2. The number of benzene rings is 1. The van der Waals surface area contributed by atoms with Crippen molar-refractivity contribution in [2.75, 3.05) is 25.0 Å². The lowest BCUT2D eigenvalue weighted by atomic mass is 10.1. The van der Waals surface area contributed by atoms with Gasteiger partial charge in [-0.15, -0.1) is 0 Å². The van der Waals surface area contributed by atoms with Crippen LogP contribution < -0.4 is 10.2 Å². The molecule has 0 aliphatic rings. The fourth-order valence-electron chi connectivity index (χ4n) is 1.71. The molecule has 0 amide bonds. The number of hydrogen-bond donors (Lipinski definition) is 1. The minimum absolute atomic E-state index is 0.0212. The standard InChI is InChI=1S/C13H19F3N2/c1-3-17-10-11-6-4-5-7-12(11)18(2)9-8-13(14,15)16/h4-7,17H,3,8-10H2,1-2H3. The van der Waals surface area contributed by atoms with Crippen molar-refractivity contribution in [3.63, 3.8) is 0 Å². The number of nitrogens with zero attached hydrogens (tertiary/aromatic N) is 1. The van der Waals surface area contributed by atoms with Crippen LogP contribution in [0.25, 0.3) is 0 Å². The van der Waals surface area contributed by atoms with Gasteiger partial charge in [-0.3, -0.25) is 0 Å². The van der Waals surface area contributed by atoms with Crippen LogP contribution in [0, 0.1) is 0 Å². The molecule has 2 nitrogen and oxygen atoms in total. The molecule has 0 fully saturated rings. The molecular weight excluding hydrogens is 241 g/mol. The summed E-state index contributed by atoms with van der Waals surface area (Å²) in [7, 11) is 1.69. The third-order valence-electron chi connectivity index (χ3n) is 2.70. The second-order valence-electron chi connectivity index (χ2n) is 4.20. The van der Waals surface area contributed by atoms with Crippen molar-refractivity contribution < 1.29 is 13.2 Å². The highest BCUT2D eigenvalue weighted by Gasteiger charge is 2.27. The van der Waals surface area contributed by atoms with E-state index in [2.05, 4.69) is 5.32 Å². The van der Waals surface area contributed by atoms with Crippen LogP contribution in [-0.4, -0.2) is 26.3 Å². The number of nitrogens with one attached hydrogen (secondary N) is 1. The van der Waals surface area contributed by atoms with Gasteiger partial charge in [0, 0.05) is 25.8 Å². The molecule has 0 spiro atoms. The summed E-state index contributed by atoms with van der Waals surface area (Å²) in [5.74, 6) is 0. The first kappa shape index (κ1) is 14.8. The summed E-state index contributed by atoms with van der Waals surface area (Å²) in [6.07, 6.45) is -4.90. The van der Waals surface area contributed by atoms with Gasteiger partial charge < -0.3 is 10.2 Å². The molecule has 0 atom stereocenters. The zero-order valence-electron chi connectivity index (χ0n) is 10.7. The van der Waals surface area contributed by atoms with Crippen molar-refractivity contribution in [1.82, 2.24) is 5.32 Å². The van der Waals surface area contributed by atoms with Crippen LogP contribution in [0.5, 0.6) is 0 Å². The third kappa shape index (κ3) is 4.96.